The molecule has 3 aromatic rings. The van der Waals surface area contributed by atoms with Crippen molar-refractivity contribution in [3.8, 4) is 5.75 Å². The van der Waals surface area contributed by atoms with Crippen molar-refractivity contribution in [2.75, 3.05) is 19.0 Å². The lowest BCUT2D eigenvalue weighted by atomic mass is 10.1. The summed E-state index contributed by atoms with van der Waals surface area (Å²) in [4.78, 5) is 20.5. The van der Waals surface area contributed by atoms with Crippen molar-refractivity contribution >= 4 is 11.9 Å². The molecule has 0 aliphatic rings. The molecular weight excluding hydrogens is 359 g/mol. The smallest absolute Gasteiger partial charge is 0.254 e. The molecule has 1 aromatic heterocycles. The zero-order chi connectivity index (χ0) is 19.8. The number of aromatic nitrogens is 2. The second kappa shape index (κ2) is 9.45. The Balaban J connectivity index is 1.46. The van der Waals surface area contributed by atoms with E-state index < -0.39 is 0 Å². The molecular formula is C21H21FN4O2. The molecule has 144 valence electrons. The third-order valence-corrected chi connectivity index (χ3v) is 4.14. The summed E-state index contributed by atoms with van der Waals surface area (Å²) in [5.74, 6) is 0.717. The fourth-order valence-corrected chi connectivity index (χ4v) is 2.53. The number of nitrogens with one attached hydrogen (secondary N) is 2. The van der Waals surface area contributed by atoms with E-state index in [1.807, 2.05) is 24.3 Å². The molecule has 0 aliphatic heterocycles. The van der Waals surface area contributed by atoms with Crippen molar-refractivity contribution in [1.82, 2.24) is 15.3 Å². The van der Waals surface area contributed by atoms with Gasteiger partial charge in [-0.15, -0.1) is 0 Å². The van der Waals surface area contributed by atoms with Gasteiger partial charge in [-0.25, -0.2) is 14.4 Å². The molecule has 0 spiro atoms. The minimum Gasteiger partial charge on any atom is -0.497 e. The fourth-order valence-electron chi connectivity index (χ4n) is 2.53. The molecule has 1 amide bonds. The van der Waals surface area contributed by atoms with Crippen LogP contribution in [-0.4, -0.2) is 29.5 Å². The summed E-state index contributed by atoms with van der Waals surface area (Å²) in [7, 11) is 1.61. The molecule has 0 fully saturated rings. The van der Waals surface area contributed by atoms with Crippen LogP contribution in [0, 0.1) is 5.82 Å². The first-order valence-corrected chi connectivity index (χ1v) is 8.85. The maximum absolute atomic E-state index is 12.9. The van der Waals surface area contributed by atoms with E-state index in [9.17, 15) is 9.18 Å². The maximum atomic E-state index is 12.9. The maximum Gasteiger partial charge on any atom is 0.254 e. The Morgan fingerprint density at radius 2 is 1.64 bits per heavy atom. The van der Waals surface area contributed by atoms with E-state index in [2.05, 4.69) is 20.6 Å². The van der Waals surface area contributed by atoms with Crippen LogP contribution in [0.2, 0.25) is 0 Å². The van der Waals surface area contributed by atoms with Gasteiger partial charge in [-0.3, -0.25) is 4.79 Å². The van der Waals surface area contributed by atoms with E-state index in [1.165, 1.54) is 24.5 Å². The van der Waals surface area contributed by atoms with Gasteiger partial charge in [0, 0.05) is 25.5 Å². The number of carbonyl (C=O) groups excluding carboxylic acids is 1. The lowest BCUT2D eigenvalue weighted by Crippen LogP contribution is -2.23. The summed E-state index contributed by atoms with van der Waals surface area (Å²) in [6.07, 6.45) is 3.68. The van der Waals surface area contributed by atoms with E-state index in [-0.39, 0.29) is 11.7 Å². The molecule has 0 radical (unpaired) electrons. The Hall–Kier alpha value is -3.48. The number of hydrogen-bond acceptors (Lipinski definition) is 5. The minimum absolute atomic E-state index is 0.242. The zero-order valence-electron chi connectivity index (χ0n) is 15.5. The molecule has 0 bridgehead atoms. The van der Waals surface area contributed by atoms with Crippen LogP contribution in [-0.2, 0) is 13.0 Å². The normalized spacial score (nSPS) is 10.4. The number of benzene rings is 2. The van der Waals surface area contributed by atoms with Crippen LogP contribution < -0.4 is 15.4 Å². The van der Waals surface area contributed by atoms with Crippen LogP contribution in [0.1, 0.15) is 21.5 Å². The van der Waals surface area contributed by atoms with Gasteiger partial charge in [-0.05, 0) is 41.8 Å². The second-order valence-electron chi connectivity index (χ2n) is 6.13. The molecule has 0 saturated carbocycles. The average Bonchev–Trinajstić information content (AvgIpc) is 2.74. The fraction of sp³-hybridized carbons (Fsp3) is 0.190. The quantitative estimate of drug-likeness (QED) is 0.628. The SMILES string of the molecule is COc1ccc(CNC(=O)c2cnc(NCCc3ccc(F)cc3)nc2)cc1. The largest absolute Gasteiger partial charge is 0.497 e. The van der Waals surface area contributed by atoms with E-state index in [0.717, 1.165) is 16.9 Å². The molecule has 2 aromatic carbocycles. The second-order valence-corrected chi connectivity index (χ2v) is 6.13. The Kier molecular flexibility index (Phi) is 6.51. The first-order chi connectivity index (χ1) is 13.6. The highest BCUT2D eigenvalue weighted by Gasteiger charge is 2.07. The lowest BCUT2D eigenvalue weighted by Gasteiger charge is -2.07. The summed E-state index contributed by atoms with van der Waals surface area (Å²) in [6.45, 7) is 1.01. The molecule has 7 heteroatoms. The molecule has 28 heavy (non-hydrogen) atoms. The van der Waals surface area contributed by atoms with Gasteiger partial charge < -0.3 is 15.4 Å². The van der Waals surface area contributed by atoms with Crippen LogP contribution >= 0.6 is 0 Å². The molecule has 1 heterocycles. The van der Waals surface area contributed by atoms with Crippen LogP contribution in [0.3, 0.4) is 0 Å². The predicted molar refractivity (Wildman–Crippen MR) is 105 cm³/mol. The van der Waals surface area contributed by atoms with Gasteiger partial charge in [0.2, 0.25) is 5.95 Å². The summed E-state index contributed by atoms with van der Waals surface area (Å²) in [5.41, 5.74) is 2.37. The number of methoxy groups -OCH3 is 1. The summed E-state index contributed by atoms with van der Waals surface area (Å²) in [6, 6.07) is 13.8. The Bertz CT molecular complexity index is 897. The van der Waals surface area contributed by atoms with Crippen molar-refractivity contribution in [3.05, 3.63) is 83.4 Å². The zero-order valence-corrected chi connectivity index (χ0v) is 15.5. The van der Waals surface area contributed by atoms with Gasteiger partial charge >= 0.3 is 0 Å². The first kappa shape index (κ1) is 19.3. The standard InChI is InChI=1S/C21H21FN4O2/c1-28-19-8-4-16(5-9-19)12-24-20(27)17-13-25-21(26-14-17)23-11-10-15-2-6-18(22)7-3-15/h2-9,13-14H,10-12H2,1H3,(H,24,27)(H,23,25,26). The topological polar surface area (TPSA) is 76.1 Å². The number of anilines is 1. The monoisotopic (exact) mass is 380 g/mol. The van der Waals surface area contributed by atoms with Gasteiger partial charge in [0.15, 0.2) is 0 Å². The number of ether oxygens (including phenoxy) is 1. The molecule has 0 saturated heterocycles. The third-order valence-electron chi connectivity index (χ3n) is 4.14. The van der Waals surface area contributed by atoms with E-state index in [0.29, 0.717) is 31.0 Å². The van der Waals surface area contributed by atoms with E-state index in [1.54, 1.807) is 19.2 Å². The van der Waals surface area contributed by atoms with Crippen molar-refractivity contribution in [3.63, 3.8) is 0 Å². The molecule has 0 unspecified atom stereocenters. The van der Waals surface area contributed by atoms with Gasteiger partial charge in [-0.2, -0.15) is 0 Å². The number of nitrogens with zero attached hydrogens (tertiary/aromatic N) is 2. The molecule has 3 rings (SSSR count). The number of amides is 1. The Morgan fingerprint density at radius 1 is 1.00 bits per heavy atom. The number of rotatable bonds is 8. The highest BCUT2D eigenvalue weighted by molar-refractivity contribution is 5.93. The number of hydrogen-bond donors (Lipinski definition) is 2. The first-order valence-electron chi connectivity index (χ1n) is 8.85. The van der Waals surface area contributed by atoms with Crippen molar-refractivity contribution < 1.29 is 13.9 Å². The average molecular weight is 380 g/mol. The van der Waals surface area contributed by atoms with Crippen LogP contribution in [0.5, 0.6) is 5.75 Å². The minimum atomic E-state index is -0.249. The Morgan fingerprint density at radius 3 is 2.29 bits per heavy atom. The molecule has 0 atom stereocenters. The summed E-state index contributed by atoms with van der Waals surface area (Å²) in [5, 5.41) is 5.91. The Labute approximate surface area is 162 Å². The number of carbonyl (C=O) groups is 1. The number of halogens is 1. The van der Waals surface area contributed by atoms with Crippen LogP contribution in [0.4, 0.5) is 10.3 Å². The van der Waals surface area contributed by atoms with Crippen molar-refractivity contribution in [1.29, 1.82) is 0 Å². The van der Waals surface area contributed by atoms with Crippen LogP contribution in [0.15, 0.2) is 60.9 Å². The third kappa shape index (κ3) is 5.51. The highest BCUT2D eigenvalue weighted by atomic mass is 19.1. The van der Waals surface area contributed by atoms with E-state index in [4.69, 9.17) is 4.74 Å². The van der Waals surface area contributed by atoms with Gasteiger partial charge in [0.05, 0.1) is 12.7 Å². The summed E-state index contributed by atoms with van der Waals surface area (Å²) < 4.78 is 18.0. The van der Waals surface area contributed by atoms with Crippen molar-refractivity contribution in [2.24, 2.45) is 0 Å². The molecule has 2 N–H and O–H groups in total. The van der Waals surface area contributed by atoms with Gasteiger partial charge in [-0.1, -0.05) is 24.3 Å². The molecule has 0 aliphatic carbocycles. The van der Waals surface area contributed by atoms with Gasteiger partial charge in [0.1, 0.15) is 11.6 Å². The summed E-state index contributed by atoms with van der Waals surface area (Å²) >= 11 is 0. The highest BCUT2D eigenvalue weighted by Crippen LogP contribution is 2.11. The lowest BCUT2D eigenvalue weighted by molar-refractivity contribution is 0.0950. The molecule has 6 nitrogen and oxygen atoms in total. The predicted octanol–water partition coefficient (Wildman–Crippen LogP) is 3.21. The van der Waals surface area contributed by atoms with Crippen LogP contribution in [0.25, 0.3) is 0 Å². The van der Waals surface area contributed by atoms with E-state index >= 15 is 0 Å². The van der Waals surface area contributed by atoms with Crippen molar-refractivity contribution in [2.45, 2.75) is 13.0 Å². The van der Waals surface area contributed by atoms with Gasteiger partial charge in [0.25, 0.3) is 5.91 Å².